The fourth-order valence-corrected chi connectivity index (χ4v) is 0.916. The number of alkyl halides is 1. The van der Waals surface area contributed by atoms with Crippen molar-refractivity contribution >= 4 is 27.5 Å². The Labute approximate surface area is 78.7 Å². The maximum Gasteiger partial charge on any atom is 0.137 e. The lowest BCUT2D eigenvalue weighted by Crippen LogP contribution is -1.97. The van der Waals surface area contributed by atoms with Crippen LogP contribution < -0.4 is 4.74 Å². The minimum Gasteiger partial charge on any atom is -0.491 e. The fourth-order valence-electron chi connectivity index (χ4n) is 0.604. The number of hydrogen-bond acceptors (Lipinski definition) is 2. The van der Waals surface area contributed by atoms with Gasteiger partial charge in [-0.2, -0.15) is 0 Å². The van der Waals surface area contributed by atoms with Gasteiger partial charge in [0.25, 0.3) is 0 Å². The first-order chi connectivity index (χ1) is 5.33. The van der Waals surface area contributed by atoms with Crippen LogP contribution in [0.1, 0.15) is 0 Å². The van der Waals surface area contributed by atoms with Crippen molar-refractivity contribution in [3.05, 3.63) is 22.9 Å². The van der Waals surface area contributed by atoms with E-state index in [1.807, 2.05) is 12.1 Å². The van der Waals surface area contributed by atoms with Crippen molar-refractivity contribution in [1.29, 1.82) is 0 Å². The molecule has 0 amide bonds. The minimum atomic E-state index is 0.496. The van der Waals surface area contributed by atoms with Gasteiger partial charge in [-0.3, -0.25) is 0 Å². The van der Waals surface area contributed by atoms with Crippen LogP contribution >= 0.6 is 27.5 Å². The molecule has 0 aromatic carbocycles. The Kier molecular flexibility index (Phi) is 3.66. The molecule has 60 valence electrons. The molecule has 0 aliphatic rings. The van der Waals surface area contributed by atoms with Gasteiger partial charge < -0.3 is 4.74 Å². The van der Waals surface area contributed by atoms with Gasteiger partial charge in [0.15, 0.2) is 0 Å². The lowest BCUT2D eigenvalue weighted by molar-refractivity contribution is 0.341. The Morgan fingerprint density at radius 3 is 2.91 bits per heavy atom. The number of hydrogen-bond donors (Lipinski definition) is 0. The average Bonchev–Trinajstić information content (AvgIpc) is 2.04. The molecule has 0 fully saturated rings. The third-order valence-electron chi connectivity index (χ3n) is 1.05. The summed E-state index contributed by atoms with van der Waals surface area (Å²) in [6, 6.07) is 3.66. The number of halogens is 2. The molecule has 0 aliphatic carbocycles. The first-order valence-corrected chi connectivity index (χ1v) is 4.46. The van der Waals surface area contributed by atoms with E-state index in [2.05, 4.69) is 20.9 Å². The number of aromatic nitrogens is 1. The SMILES string of the molecule is ClCCOc1ccc(Br)nc1. The predicted octanol–water partition coefficient (Wildman–Crippen LogP) is 2.46. The van der Waals surface area contributed by atoms with Gasteiger partial charge in [0.1, 0.15) is 17.0 Å². The largest absolute Gasteiger partial charge is 0.491 e. The van der Waals surface area contributed by atoms with E-state index in [0.29, 0.717) is 12.5 Å². The Morgan fingerprint density at radius 2 is 2.36 bits per heavy atom. The highest BCUT2D eigenvalue weighted by atomic mass is 79.9. The van der Waals surface area contributed by atoms with Gasteiger partial charge >= 0.3 is 0 Å². The zero-order chi connectivity index (χ0) is 8.10. The van der Waals surface area contributed by atoms with Crippen molar-refractivity contribution in [2.24, 2.45) is 0 Å². The van der Waals surface area contributed by atoms with Gasteiger partial charge in [-0.05, 0) is 28.1 Å². The second-order valence-corrected chi connectivity index (χ2v) is 3.04. The van der Waals surface area contributed by atoms with Crippen LogP contribution in [0.5, 0.6) is 5.75 Å². The maximum absolute atomic E-state index is 5.43. The molecule has 1 aromatic heterocycles. The van der Waals surface area contributed by atoms with E-state index < -0.39 is 0 Å². The maximum atomic E-state index is 5.43. The molecule has 0 saturated heterocycles. The van der Waals surface area contributed by atoms with Crippen molar-refractivity contribution in [3.8, 4) is 5.75 Å². The third kappa shape index (κ3) is 3.08. The van der Waals surface area contributed by atoms with E-state index in [4.69, 9.17) is 16.3 Å². The van der Waals surface area contributed by atoms with E-state index in [1.165, 1.54) is 0 Å². The van der Waals surface area contributed by atoms with Gasteiger partial charge in [-0.25, -0.2) is 4.98 Å². The molecule has 0 atom stereocenters. The summed E-state index contributed by atoms with van der Waals surface area (Å²) < 4.78 is 6.00. The molecule has 0 aliphatic heterocycles. The highest BCUT2D eigenvalue weighted by molar-refractivity contribution is 9.10. The van der Waals surface area contributed by atoms with Gasteiger partial charge in [-0.1, -0.05) is 0 Å². The van der Waals surface area contributed by atoms with Crippen LogP contribution in [0.2, 0.25) is 0 Å². The molecular formula is C7H7BrClNO. The summed E-state index contributed by atoms with van der Waals surface area (Å²) in [5.74, 6) is 1.24. The second-order valence-electron chi connectivity index (χ2n) is 1.85. The summed E-state index contributed by atoms with van der Waals surface area (Å²) >= 11 is 8.65. The average molecular weight is 236 g/mol. The van der Waals surface area contributed by atoms with E-state index in [-0.39, 0.29) is 0 Å². The van der Waals surface area contributed by atoms with Crippen molar-refractivity contribution in [1.82, 2.24) is 4.98 Å². The lowest BCUT2D eigenvalue weighted by Gasteiger charge is -2.01. The second kappa shape index (κ2) is 4.57. The molecule has 2 nitrogen and oxygen atoms in total. The molecule has 11 heavy (non-hydrogen) atoms. The molecule has 0 N–H and O–H groups in total. The summed E-state index contributed by atoms with van der Waals surface area (Å²) in [7, 11) is 0. The smallest absolute Gasteiger partial charge is 0.137 e. The monoisotopic (exact) mass is 235 g/mol. The van der Waals surface area contributed by atoms with Crippen LogP contribution in [0.15, 0.2) is 22.9 Å². The molecule has 1 heterocycles. The fraction of sp³-hybridized carbons (Fsp3) is 0.286. The molecule has 1 rings (SSSR count). The molecule has 0 saturated carbocycles. The standard InChI is InChI=1S/C7H7BrClNO/c8-7-2-1-6(5-10-7)11-4-3-9/h1-2,5H,3-4H2. The van der Waals surface area contributed by atoms with Crippen molar-refractivity contribution < 1.29 is 4.74 Å². The molecule has 0 radical (unpaired) electrons. The topological polar surface area (TPSA) is 22.1 Å². The van der Waals surface area contributed by atoms with Crippen LogP contribution in [-0.4, -0.2) is 17.5 Å². The first kappa shape index (κ1) is 8.81. The molecule has 0 unspecified atom stereocenters. The predicted molar refractivity (Wildman–Crippen MR) is 48.2 cm³/mol. The first-order valence-electron chi connectivity index (χ1n) is 3.13. The van der Waals surface area contributed by atoms with Crippen molar-refractivity contribution in [2.45, 2.75) is 0 Å². The van der Waals surface area contributed by atoms with Crippen LogP contribution in [-0.2, 0) is 0 Å². The highest BCUT2D eigenvalue weighted by Gasteiger charge is 1.92. The summed E-state index contributed by atoms with van der Waals surface area (Å²) in [4.78, 5) is 3.98. The van der Waals surface area contributed by atoms with Crippen LogP contribution in [0.4, 0.5) is 0 Å². The van der Waals surface area contributed by atoms with E-state index >= 15 is 0 Å². The summed E-state index contributed by atoms with van der Waals surface area (Å²) in [6.45, 7) is 0.519. The Bertz CT molecular complexity index is 214. The highest BCUT2D eigenvalue weighted by Crippen LogP contribution is 2.12. The van der Waals surface area contributed by atoms with Crippen LogP contribution in [0, 0.1) is 0 Å². The van der Waals surface area contributed by atoms with E-state index in [9.17, 15) is 0 Å². The minimum absolute atomic E-state index is 0.496. The Balaban J connectivity index is 2.52. The number of nitrogens with zero attached hydrogens (tertiary/aromatic N) is 1. The Hall–Kier alpha value is -0.280. The molecule has 1 aromatic rings. The van der Waals surface area contributed by atoms with Gasteiger partial charge in [0.2, 0.25) is 0 Å². The van der Waals surface area contributed by atoms with Gasteiger partial charge in [0.05, 0.1) is 12.1 Å². The third-order valence-corrected chi connectivity index (χ3v) is 1.67. The van der Waals surface area contributed by atoms with E-state index in [1.54, 1.807) is 6.20 Å². The zero-order valence-corrected chi connectivity index (χ0v) is 8.10. The van der Waals surface area contributed by atoms with E-state index in [0.717, 1.165) is 10.4 Å². The lowest BCUT2D eigenvalue weighted by atomic mass is 10.5. The van der Waals surface area contributed by atoms with Gasteiger partial charge in [-0.15, -0.1) is 11.6 Å². The molecule has 0 spiro atoms. The number of ether oxygens (including phenoxy) is 1. The van der Waals surface area contributed by atoms with Gasteiger partial charge in [0, 0.05) is 0 Å². The molecular weight excluding hydrogens is 229 g/mol. The number of rotatable bonds is 3. The molecule has 0 bridgehead atoms. The normalized spacial score (nSPS) is 9.64. The van der Waals surface area contributed by atoms with Crippen LogP contribution in [0.25, 0.3) is 0 Å². The quantitative estimate of drug-likeness (QED) is 0.594. The summed E-state index contributed by atoms with van der Waals surface area (Å²) in [5, 5.41) is 0. The summed E-state index contributed by atoms with van der Waals surface area (Å²) in [5.41, 5.74) is 0. The van der Waals surface area contributed by atoms with Crippen LogP contribution in [0.3, 0.4) is 0 Å². The number of pyridine rings is 1. The Morgan fingerprint density at radius 1 is 1.55 bits per heavy atom. The summed E-state index contributed by atoms with van der Waals surface area (Å²) in [6.07, 6.45) is 1.65. The zero-order valence-electron chi connectivity index (χ0n) is 5.76. The molecule has 4 heteroatoms. The van der Waals surface area contributed by atoms with Crippen molar-refractivity contribution in [3.63, 3.8) is 0 Å². The van der Waals surface area contributed by atoms with Crippen molar-refractivity contribution in [2.75, 3.05) is 12.5 Å².